The second-order valence-electron chi connectivity index (χ2n) is 6.93. The van der Waals surface area contributed by atoms with Gasteiger partial charge in [-0.2, -0.15) is 0 Å². The standard InChI is InChI=1S/C16H29N3O2.ClH/c1-10(2)15(20)18-6-7-19-16(21)13-8-11-4-3-5-12(9-13)14(11)17;/h10-14H,3-9,17H2,1-2H3,(H,18,20)(H,19,21);1H. The number of halogens is 1. The number of nitrogens with two attached hydrogens (primary N) is 1. The highest BCUT2D eigenvalue weighted by atomic mass is 35.5. The van der Waals surface area contributed by atoms with Gasteiger partial charge in [0.25, 0.3) is 0 Å². The Morgan fingerprint density at radius 3 is 2.18 bits per heavy atom. The number of fused-ring (bicyclic) bond motifs is 2. The summed E-state index contributed by atoms with van der Waals surface area (Å²) in [6.45, 7) is 4.73. The maximum atomic E-state index is 12.2. The molecule has 0 aromatic heterocycles. The Kier molecular flexibility index (Phi) is 7.63. The highest BCUT2D eigenvalue weighted by Gasteiger charge is 2.40. The van der Waals surface area contributed by atoms with Crippen molar-refractivity contribution in [1.29, 1.82) is 0 Å². The summed E-state index contributed by atoms with van der Waals surface area (Å²) in [6, 6.07) is 0.299. The minimum absolute atomic E-state index is 0. The Hall–Kier alpha value is -0.810. The van der Waals surface area contributed by atoms with Crippen molar-refractivity contribution in [2.24, 2.45) is 29.4 Å². The van der Waals surface area contributed by atoms with Gasteiger partial charge in [-0.1, -0.05) is 20.3 Å². The first-order valence-electron chi connectivity index (χ1n) is 8.30. The maximum Gasteiger partial charge on any atom is 0.223 e. The van der Waals surface area contributed by atoms with Gasteiger partial charge in [-0.15, -0.1) is 12.4 Å². The van der Waals surface area contributed by atoms with Gasteiger partial charge in [0.2, 0.25) is 11.8 Å². The molecule has 0 aromatic rings. The molecule has 2 rings (SSSR count). The SMILES string of the molecule is CC(C)C(=O)NCCNC(=O)C1CC2CCCC(C1)C2N.Cl. The molecule has 22 heavy (non-hydrogen) atoms. The van der Waals surface area contributed by atoms with Crippen LogP contribution in [0.25, 0.3) is 0 Å². The number of hydrogen-bond acceptors (Lipinski definition) is 3. The molecule has 6 heteroatoms. The van der Waals surface area contributed by atoms with Crippen molar-refractivity contribution in [3.63, 3.8) is 0 Å². The molecule has 5 nitrogen and oxygen atoms in total. The molecule has 2 saturated carbocycles. The second-order valence-corrected chi connectivity index (χ2v) is 6.93. The summed E-state index contributed by atoms with van der Waals surface area (Å²) in [5.41, 5.74) is 6.25. The lowest BCUT2D eigenvalue weighted by Gasteiger charge is -2.43. The molecule has 2 unspecified atom stereocenters. The van der Waals surface area contributed by atoms with Crippen molar-refractivity contribution in [1.82, 2.24) is 10.6 Å². The number of rotatable bonds is 5. The van der Waals surface area contributed by atoms with E-state index in [0.717, 1.165) is 12.8 Å². The summed E-state index contributed by atoms with van der Waals surface area (Å²) in [6.07, 6.45) is 5.47. The number of nitrogens with one attached hydrogen (secondary N) is 2. The zero-order chi connectivity index (χ0) is 15.4. The van der Waals surface area contributed by atoms with E-state index in [4.69, 9.17) is 5.73 Å². The van der Waals surface area contributed by atoms with Gasteiger partial charge in [0, 0.05) is 31.0 Å². The molecular formula is C16H30ClN3O2. The molecule has 2 aliphatic carbocycles. The molecule has 2 atom stereocenters. The molecule has 0 heterocycles. The molecule has 2 aliphatic rings. The van der Waals surface area contributed by atoms with Crippen LogP contribution >= 0.6 is 12.4 Å². The average molecular weight is 332 g/mol. The Morgan fingerprint density at radius 1 is 1.09 bits per heavy atom. The van der Waals surface area contributed by atoms with Crippen molar-refractivity contribution in [3.05, 3.63) is 0 Å². The van der Waals surface area contributed by atoms with Crippen molar-refractivity contribution in [2.45, 2.75) is 52.0 Å². The molecule has 0 radical (unpaired) electrons. The third-order valence-corrected chi connectivity index (χ3v) is 5.03. The van der Waals surface area contributed by atoms with E-state index in [1.165, 1.54) is 19.3 Å². The van der Waals surface area contributed by atoms with Gasteiger partial charge < -0.3 is 16.4 Å². The molecule has 0 aliphatic heterocycles. The van der Waals surface area contributed by atoms with Crippen LogP contribution in [0.5, 0.6) is 0 Å². The number of carbonyl (C=O) groups excluding carboxylic acids is 2. The van der Waals surface area contributed by atoms with Gasteiger partial charge in [0.05, 0.1) is 0 Å². The summed E-state index contributed by atoms with van der Waals surface area (Å²) in [5.74, 6) is 1.31. The molecule has 128 valence electrons. The van der Waals surface area contributed by atoms with Crippen LogP contribution in [0.3, 0.4) is 0 Å². The van der Waals surface area contributed by atoms with E-state index in [1.807, 2.05) is 13.8 Å². The monoisotopic (exact) mass is 331 g/mol. The van der Waals surface area contributed by atoms with Crippen LogP contribution in [-0.4, -0.2) is 30.9 Å². The first-order valence-corrected chi connectivity index (χ1v) is 8.30. The first kappa shape index (κ1) is 19.2. The smallest absolute Gasteiger partial charge is 0.223 e. The van der Waals surface area contributed by atoms with E-state index in [1.54, 1.807) is 0 Å². The molecule has 0 aromatic carbocycles. The fraction of sp³-hybridized carbons (Fsp3) is 0.875. The summed E-state index contributed by atoms with van der Waals surface area (Å²) in [4.78, 5) is 23.7. The third kappa shape index (κ3) is 4.85. The molecule has 2 bridgehead atoms. The van der Waals surface area contributed by atoms with Gasteiger partial charge in [-0.05, 0) is 37.5 Å². The van der Waals surface area contributed by atoms with Crippen LogP contribution in [0.1, 0.15) is 46.0 Å². The quantitative estimate of drug-likeness (QED) is 0.667. The number of hydrogen-bond donors (Lipinski definition) is 3. The van der Waals surface area contributed by atoms with Crippen molar-refractivity contribution >= 4 is 24.2 Å². The zero-order valence-electron chi connectivity index (χ0n) is 13.6. The first-order chi connectivity index (χ1) is 9.99. The fourth-order valence-electron chi connectivity index (χ4n) is 3.72. The predicted octanol–water partition coefficient (Wildman–Crippen LogP) is 1.45. The van der Waals surface area contributed by atoms with Gasteiger partial charge in [-0.25, -0.2) is 0 Å². The topological polar surface area (TPSA) is 84.2 Å². The highest BCUT2D eigenvalue weighted by Crippen LogP contribution is 2.41. The van der Waals surface area contributed by atoms with Crippen LogP contribution in [0.2, 0.25) is 0 Å². The highest BCUT2D eigenvalue weighted by molar-refractivity contribution is 5.85. The summed E-state index contributed by atoms with van der Waals surface area (Å²) in [5, 5.41) is 5.77. The van der Waals surface area contributed by atoms with Crippen LogP contribution in [0.4, 0.5) is 0 Å². The van der Waals surface area contributed by atoms with Gasteiger partial charge >= 0.3 is 0 Å². The van der Waals surface area contributed by atoms with Crippen LogP contribution < -0.4 is 16.4 Å². The van der Waals surface area contributed by atoms with Gasteiger partial charge in [0.1, 0.15) is 0 Å². The minimum atomic E-state index is -0.0140. The Labute approximate surface area is 139 Å². The minimum Gasteiger partial charge on any atom is -0.354 e. The molecule has 0 saturated heterocycles. The van der Waals surface area contributed by atoms with Crippen molar-refractivity contribution in [2.75, 3.05) is 13.1 Å². The molecule has 2 amide bonds. The van der Waals surface area contributed by atoms with E-state index in [-0.39, 0.29) is 36.1 Å². The average Bonchev–Trinajstić information content (AvgIpc) is 2.42. The van der Waals surface area contributed by atoms with E-state index >= 15 is 0 Å². The summed E-state index contributed by atoms with van der Waals surface area (Å²) in [7, 11) is 0. The molecule has 4 N–H and O–H groups in total. The Bertz CT molecular complexity index is 376. The Balaban J connectivity index is 0.00000242. The van der Waals surface area contributed by atoms with Crippen LogP contribution in [0, 0.1) is 23.7 Å². The van der Waals surface area contributed by atoms with E-state index in [2.05, 4.69) is 10.6 Å². The summed E-state index contributed by atoms with van der Waals surface area (Å²) >= 11 is 0. The largest absolute Gasteiger partial charge is 0.354 e. The van der Waals surface area contributed by atoms with Crippen LogP contribution in [0.15, 0.2) is 0 Å². The summed E-state index contributed by atoms with van der Waals surface area (Å²) < 4.78 is 0. The van der Waals surface area contributed by atoms with Crippen LogP contribution in [-0.2, 0) is 9.59 Å². The molecule has 2 fully saturated rings. The third-order valence-electron chi connectivity index (χ3n) is 5.03. The van der Waals surface area contributed by atoms with Crippen molar-refractivity contribution in [3.8, 4) is 0 Å². The fourth-order valence-corrected chi connectivity index (χ4v) is 3.72. The van der Waals surface area contributed by atoms with Crippen molar-refractivity contribution < 1.29 is 9.59 Å². The molecule has 0 spiro atoms. The number of carbonyl (C=O) groups is 2. The second kappa shape index (κ2) is 8.73. The van der Waals surface area contributed by atoms with Gasteiger partial charge in [0.15, 0.2) is 0 Å². The van der Waals surface area contributed by atoms with Gasteiger partial charge in [-0.3, -0.25) is 9.59 Å². The Morgan fingerprint density at radius 2 is 1.64 bits per heavy atom. The van der Waals surface area contributed by atoms with E-state index in [9.17, 15) is 9.59 Å². The number of amides is 2. The zero-order valence-corrected chi connectivity index (χ0v) is 14.5. The molecular weight excluding hydrogens is 302 g/mol. The normalized spacial score (nSPS) is 30.4. The lowest BCUT2D eigenvalue weighted by molar-refractivity contribution is -0.128. The van der Waals surface area contributed by atoms with E-state index in [0.29, 0.717) is 31.0 Å². The lowest BCUT2D eigenvalue weighted by atomic mass is 9.65. The predicted molar refractivity (Wildman–Crippen MR) is 89.6 cm³/mol. The lowest BCUT2D eigenvalue weighted by Crippen LogP contribution is -2.49. The van der Waals surface area contributed by atoms with E-state index < -0.39 is 0 Å². The maximum absolute atomic E-state index is 12.2.